The third-order valence-corrected chi connectivity index (χ3v) is 6.27. The molecule has 8 heteroatoms. The van der Waals surface area contributed by atoms with Crippen LogP contribution in [-0.4, -0.2) is 25.4 Å². The van der Waals surface area contributed by atoms with E-state index in [4.69, 9.17) is 0 Å². The summed E-state index contributed by atoms with van der Waals surface area (Å²) in [6.45, 7) is 5.47. The second kappa shape index (κ2) is 7.14. The molecule has 1 amide bonds. The van der Waals surface area contributed by atoms with E-state index in [1.807, 2.05) is 25.1 Å². The van der Waals surface area contributed by atoms with E-state index < -0.39 is 10.0 Å². The fourth-order valence-electron chi connectivity index (χ4n) is 2.47. The van der Waals surface area contributed by atoms with E-state index in [9.17, 15) is 13.2 Å². The summed E-state index contributed by atoms with van der Waals surface area (Å²) in [5.74, 6) is -0.331. The zero-order valence-electron chi connectivity index (χ0n) is 14.6. The molecule has 1 aromatic heterocycles. The van der Waals surface area contributed by atoms with E-state index in [1.54, 1.807) is 13.8 Å². The topological polar surface area (TPSA) is 88.2 Å². The lowest BCUT2D eigenvalue weighted by atomic mass is 10.2. The molecular formula is C18H19N3O3S2. The fourth-order valence-corrected chi connectivity index (χ4v) is 4.66. The van der Waals surface area contributed by atoms with Gasteiger partial charge in [-0.3, -0.25) is 10.1 Å². The molecule has 0 aliphatic carbocycles. The van der Waals surface area contributed by atoms with Gasteiger partial charge < -0.3 is 0 Å². The van der Waals surface area contributed by atoms with Crippen LogP contribution in [0.25, 0.3) is 10.2 Å². The van der Waals surface area contributed by atoms with Gasteiger partial charge >= 0.3 is 0 Å². The Balaban J connectivity index is 1.78. The Labute approximate surface area is 156 Å². The van der Waals surface area contributed by atoms with Crippen LogP contribution < -0.4 is 10.0 Å². The minimum atomic E-state index is -3.57. The maximum absolute atomic E-state index is 12.4. The lowest BCUT2D eigenvalue weighted by molar-refractivity contribution is 0.102. The molecule has 2 N–H and O–H groups in total. The Hall–Kier alpha value is -2.29. The molecular weight excluding hydrogens is 370 g/mol. The van der Waals surface area contributed by atoms with Crippen LogP contribution >= 0.6 is 11.3 Å². The Morgan fingerprint density at radius 3 is 2.42 bits per heavy atom. The lowest BCUT2D eigenvalue weighted by Crippen LogP contribution is -2.30. The van der Waals surface area contributed by atoms with E-state index in [0.29, 0.717) is 10.7 Å². The Bertz CT molecular complexity index is 1050. The number of sulfonamides is 1. The highest BCUT2D eigenvalue weighted by atomic mass is 32.2. The van der Waals surface area contributed by atoms with Crippen LogP contribution in [0.2, 0.25) is 0 Å². The van der Waals surface area contributed by atoms with Gasteiger partial charge in [-0.05, 0) is 56.7 Å². The Kier molecular flexibility index (Phi) is 5.08. The van der Waals surface area contributed by atoms with Crippen molar-refractivity contribution in [2.75, 3.05) is 5.32 Å². The van der Waals surface area contributed by atoms with Crippen molar-refractivity contribution in [2.45, 2.75) is 31.7 Å². The minimum Gasteiger partial charge on any atom is -0.298 e. The van der Waals surface area contributed by atoms with E-state index in [2.05, 4.69) is 15.0 Å². The number of anilines is 1. The zero-order valence-corrected chi connectivity index (χ0v) is 16.2. The van der Waals surface area contributed by atoms with Crippen molar-refractivity contribution >= 4 is 42.6 Å². The van der Waals surface area contributed by atoms with Crippen molar-refractivity contribution in [2.24, 2.45) is 0 Å². The second-order valence-corrected chi connectivity index (χ2v) is 8.94. The predicted octanol–water partition coefficient (Wildman–Crippen LogP) is 3.54. The van der Waals surface area contributed by atoms with E-state index in [-0.39, 0.29) is 16.8 Å². The number of hydrogen-bond donors (Lipinski definition) is 2. The monoisotopic (exact) mass is 389 g/mol. The van der Waals surface area contributed by atoms with E-state index >= 15 is 0 Å². The third kappa shape index (κ3) is 3.92. The molecule has 0 fully saturated rings. The van der Waals surface area contributed by atoms with Gasteiger partial charge in [-0.15, -0.1) is 0 Å². The first-order valence-corrected chi connectivity index (χ1v) is 10.4. The standard InChI is InChI=1S/C18H19N3O3S2/c1-11(2)21-26(23,24)14-9-7-13(8-10-14)17(22)20-18-19-16-12(3)5-4-6-15(16)25-18/h4-11,21H,1-3H3,(H,19,20,22). The van der Waals surface area contributed by atoms with Crippen LogP contribution in [0.5, 0.6) is 0 Å². The first kappa shape index (κ1) is 18.5. The number of nitrogens with one attached hydrogen (secondary N) is 2. The van der Waals surface area contributed by atoms with Crippen LogP contribution in [0.1, 0.15) is 29.8 Å². The molecule has 0 bridgehead atoms. The Morgan fingerprint density at radius 2 is 1.81 bits per heavy atom. The van der Waals surface area contributed by atoms with Gasteiger partial charge in [-0.2, -0.15) is 0 Å². The number of carbonyl (C=O) groups is 1. The molecule has 0 saturated heterocycles. The number of benzene rings is 2. The normalized spacial score (nSPS) is 11.8. The molecule has 2 aromatic carbocycles. The largest absolute Gasteiger partial charge is 0.298 e. The summed E-state index contributed by atoms with van der Waals surface area (Å²) in [5.41, 5.74) is 2.28. The fraction of sp³-hybridized carbons (Fsp3) is 0.222. The molecule has 3 aromatic rings. The number of thiazole rings is 1. The van der Waals surface area contributed by atoms with Crippen LogP contribution in [0.3, 0.4) is 0 Å². The molecule has 26 heavy (non-hydrogen) atoms. The first-order chi connectivity index (χ1) is 12.3. The summed E-state index contributed by atoms with van der Waals surface area (Å²) >= 11 is 1.40. The van der Waals surface area contributed by atoms with Gasteiger partial charge in [-0.25, -0.2) is 18.1 Å². The summed E-state index contributed by atoms with van der Waals surface area (Å²) < 4.78 is 27.8. The highest BCUT2D eigenvalue weighted by Crippen LogP contribution is 2.28. The van der Waals surface area contributed by atoms with Crippen LogP contribution in [0, 0.1) is 6.92 Å². The molecule has 0 unspecified atom stereocenters. The average Bonchev–Trinajstić information content (AvgIpc) is 2.98. The second-order valence-electron chi connectivity index (χ2n) is 6.20. The van der Waals surface area contributed by atoms with E-state index in [0.717, 1.165) is 15.8 Å². The summed E-state index contributed by atoms with van der Waals surface area (Å²) in [6.07, 6.45) is 0. The average molecular weight is 390 g/mol. The van der Waals surface area contributed by atoms with Crippen molar-refractivity contribution in [1.29, 1.82) is 0 Å². The number of rotatable bonds is 5. The highest BCUT2D eigenvalue weighted by molar-refractivity contribution is 7.89. The van der Waals surface area contributed by atoms with Crippen LogP contribution in [0.4, 0.5) is 5.13 Å². The van der Waals surface area contributed by atoms with Crippen molar-refractivity contribution < 1.29 is 13.2 Å². The summed E-state index contributed by atoms with van der Waals surface area (Å²) in [6, 6.07) is 11.5. The number of fused-ring (bicyclic) bond motifs is 1. The molecule has 0 radical (unpaired) electrons. The third-order valence-electron chi connectivity index (χ3n) is 3.66. The van der Waals surface area contributed by atoms with Crippen molar-refractivity contribution in [3.8, 4) is 0 Å². The number of para-hydroxylation sites is 1. The number of amides is 1. The van der Waals surface area contributed by atoms with E-state index in [1.165, 1.54) is 35.6 Å². The minimum absolute atomic E-state index is 0.123. The van der Waals surface area contributed by atoms with Gasteiger partial charge in [0.05, 0.1) is 15.1 Å². The van der Waals surface area contributed by atoms with Gasteiger partial charge in [0.15, 0.2) is 5.13 Å². The molecule has 1 heterocycles. The lowest BCUT2D eigenvalue weighted by Gasteiger charge is -2.09. The van der Waals surface area contributed by atoms with Crippen molar-refractivity contribution in [3.63, 3.8) is 0 Å². The molecule has 0 spiro atoms. The van der Waals surface area contributed by atoms with Crippen molar-refractivity contribution in [3.05, 3.63) is 53.6 Å². The Morgan fingerprint density at radius 1 is 1.12 bits per heavy atom. The summed E-state index contributed by atoms with van der Waals surface area (Å²) in [5, 5.41) is 3.28. The predicted molar refractivity (Wildman–Crippen MR) is 104 cm³/mol. The number of carbonyl (C=O) groups excluding carboxylic acids is 1. The molecule has 0 atom stereocenters. The SMILES string of the molecule is Cc1cccc2sc(NC(=O)c3ccc(S(=O)(=O)NC(C)C)cc3)nc12. The maximum atomic E-state index is 12.4. The van der Waals surface area contributed by atoms with Gasteiger partial charge in [-0.1, -0.05) is 23.5 Å². The molecule has 0 saturated carbocycles. The van der Waals surface area contributed by atoms with Gasteiger partial charge in [0.25, 0.3) is 5.91 Å². The van der Waals surface area contributed by atoms with Crippen molar-refractivity contribution in [1.82, 2.24) is 9.71 Å². The van der Waals surface area contributed by atoms with Gasteiger partial charge in [0.1, 0.15) is 0 Å². The molecule has 136 valence electrons. The zero-order chi connectivity index (χ0) is 18.9. The molecule has 3 rings (SSSR count). The summed E-state index contributed by atoms with van der Waals surface area (Å²) in [7, 11) is -3.57. The van der Waals surface area contributed by atoms with Gasteiger partial charge in [0, 0.05) is 11.6 Å². The van der Waals surface area contributed by atoms with Crippen LogP contribution in [0.15, 0.2) is 47.4 Å². The summed E-state index contributed by atoms with van der Waals surface area (Å²) in [4.78, 5) is 17.0. The molecule has 0 aliphatic heterocycles. The number of aryl methyl sites for hydroxylation is 1. The number of nitrogens with zero attached hydrogens (tertiary/aromatic N) is 1. The highest BCUT2D eigenvalue weighted by Gasteiger charge is 2.16. The van der Waals surface area contributed by atoms with Crippen LogP contribution in [-0.2, 0) is 10.0 Å². The first-order valence-electron chi connectivity index (χ1n) is 8.06. The number of aromatic nitrogens is 1. The number of hydrogen-bond acceptors (Lipinski definition) is 5. The molecule has 6 nitrogen and oxygen atoms in total. The molecule has 0 aliphatic rings. The quantitative estimate of drug-likeness (QED) is 0.698. The van der Waals surface area contributed by atoms with Gasteiger partial charge in [0.2, 0.25) is 10.0 Å². The smallest absolute Gasteiger partial charge is 0.257 e. The maximum Gasteiger partial charge on any atom is 0.257 e.